The second-order valence-electron chi connectivity index (χ2n) is 7.69. The number of aliphatic carboxylic acids is 2. The normalized spacial score (nSPS) is 17.6. The number of hydrogen-bond acceptors (Lipinski definition) is 10. The molecule has 0 unspecified atom stereocenters. The predicted octanol–water partition coefficient (Wildman–Crippen LogP) is -0.837. The Morgan fingerprint density at radius 3 is 2.20 bits per heavy atom. The fourth-order valence-corrected chi connectivity index (χ4v) is 4.49. The number of carboxylic acid groups (broad SMARTS) is 2. The van der Waals surface area contributed by atoms with E-state index in [2.05, 4.69) is 17.1 Å². The molecule has 1 aromatic rings. The predicted molar refractivity (Wildman–Crippen MR) is 125 cm³/mol. The van der Waals surface area contributed by atoms with E-state index in [4.69, 9.17) is 30.9 Å². The Hall–Kier alpha value is -2.94. The minimum atomic E-state index is -3.52. The second kappa shape index (κ2) is 13.2. The fraction of sp³-hybridized carbons (Fsp3) is 0.571. The molecule has 1 fully saturated rings. The molecule has 1 aliphatic rings. The van der Waals surface area contributed by atoms with Crippen LogP contribution in [0.4, 0.5) is 5.69 Å². The van der Waals surface area contributed by atoms with Crippen LogP contribution in [0.25, 0.3) is 0 Å². The Bertz CT molecular complexity index is 997. The number of likely N-dealkylation sites (N-methyl/N-ethyl adjacent to an activating group) is 1. The largest absolute Gasteiger partial charge is 0.496 e. The van der Waals surface area contributed by atoms with E-state index in [9.17, 15) is 22.8 Å². The maximum atomic E-state index is 12.6. The molecule has 0 bridgehead atoms. The monoisotopic (exact) mass is 519 g/mol. The summed E-state index contributed by atoms with van der Waals surface area (Å²) in [7, 11) is -2.10. The number of anilines is 1. The van der Waals surface area contributed by atoms with Crippen molar-refractivity contribution < 1.29 is 48.0 Å². The van der Waals surface area contributed by atoms with Gasteiger partial charge in [0.05, 0.1) is 29.0 Å². The molecule has 0 aromatic heterocycles. The number of sulfone groups is 1. The van der Waals surface area contributed by atoms with Gasteiger partial charge in [-0.05, 0) is 32.0 Å². The summed E-state index contributed by atoms with van der Waals surface area (Å²) in [6, 6.07) is 3.02. The van der Waals surface area contributed by atoms with Crippen LogP contribution < -0.4 is 15.8 Å². The molecule has 13 nitrogen and oxygen atoms in total. The van der Waals surface area contributed by atoms with Crippen LogP contribution in [-0.4, -0.2) is 102 Å². The third kappa shape index (κ3) is 8.06. The number of carbonyl (C=O) groups excluding carboxylic acids is 1. The van der Waals surface area contributed by atoms with Crippen LogP contribution >= 0.6 is 0 Å². The minimum absolute atomic E-state index is 0.0306. The molecular formula is C21H33N3O10S. The number of aliphatic hydroxyl groups is 2. The van der Waals surface area contributed by atoms with Crippen LogP contribution in [0.3, 0.4) is 0 Å². The van der Waals surface area contributed by atoms with Crippen molar-refractivity contribution >= 4 is 33.4 Å². The zero-order valence-corrected chi connectivity index (χ0v) is 20.6. The second-order valence-corrected chi connectivity index (χ2v) is 9.94. The first-order valence-electron chi connectivity index (χ1n) is 10.8. The molecule has 3 atom stereocenters. The van der Waals surface area contributed by atoms with Crippen molar-refractivity contribution in [2.24, 2.45) is 0 Å². The lowest BCUT2D eigenvalue weighted by Crippen LogP contribution is -2.40. The van der Waals surface area contributed by atoms with Crippen molar-refractivity contribution in [3.8, 4) is 5.75 Å². The number of nitrogens with one attached hydrogen (secondary N) is 1. The molecule has 1 heterocycles. The zero-order valence-electron chi connectivity index (χ0n) is 19.8. The molecule has 1 saturated heterocycles. The number of rotatable bonds is 10. The Kier molecular flexibility index (Phi) is 11.4. The summed E-state index contributed by atoms with van der Waals surface area (Å²) in [5.74, 6) is -3.71. The van der Waals surface area contributed by atoms with E-state index in [1.54, 1.807) is 0 Å². The smallest absolute Gasteiger partial charge is 0.335 e. The van der Waals surface area contributed by atoms with Gasteiger partial charge < -0.3 is 36.2 Å². The van der Waals surface area contributed by atoms with Crippen LogP contribution in [0.15, 0.2) is 17.0 Å². The topological polar surface area (TPSA) is 217 Å². The number of nitrogen functional groups attached to an aromatic ring is 1. The van der Waals surface area contributed by atoms with Gasteiger partial charge in [0.1, 0.15) is 5.75 Å². The van der Waals surface area contributed by atoms with E-state index >= 15 is 0 Å². The van der Waals surface area contributed by atoms with Crippen molar-refractivity contribution in [3.05, 3.63) is 17.7 Å². The first kappa shape index (κ1) is 30.1. The molecule has 35 heavy (non-hydrogen) atoms. The van der Waals surface area contributed by atoms with Crippen LogP contribution in [0.2, 0.25) is 0 Å². The summed E-state index contributed by atoms with van der Waals surface area (Å²) in [5.41, 5.74) is 6.11. The fourth-order valence-electron chi connectivity index (χ4n) is 3.47. The Morgan fingerprint density at radius 1 is 1.17 bits per heavy atom. The first-order chi connectivity index (χ1) is 16.3. The van der Waals surface area contributed by atoms with Gasteiger partial charge >= 0.3 is 11.9 Å². The number of likely N-dealkylation sites (tertiary alicyclic amines) is 1. The Morgan fingerprint density at radius 2 is 1.74 bits per heavy atom. The van der Waals surface area contributed by atoms with Gasteiger partial charge in [-0.15, -0.1) is 0 Å². The number of benzene rings is 1. The summed E-state index contributed by atoms with van der Waals surface area (Å²) < 4.78 is 29.6. The van der Waals surface area contributed by atoms with Crippen molar-refractivity contribution in [2.45, 2.75) is 49.8 Å². The third-order valence-corrected chi connectivity index (χ3v) is 7.28. The maximum Gasteiger partial charge on any atom is 0.335 e. The molecule has 0 aliphatic carbocycles. The number of carboxylic acids is 2. The van der Waals surface area contributed by atoms with Crippen molar-refractivity contribution in [2.75, 3.05) is 38.2 Å². The quantitative estimate of drug-likeness (QED) is 0.209. The SMILES string of the molecule is CCN1CCC[C@@H]1CNC(=O)c1cc(S(=O)(=O)CC)c(N)cc1OC.O=C(O)[C@H](O)[C@@H](O)C(=O)O. The number of hydrogen-bond donors (Lipinski definition) is 6. The van der Waals surface area contributed by atoms with Gasteiger partial charge in [-0.3, -0.25) is 9.69 Å². The third-order valence-electron chi connectivity index (χ3n) is 5.50. The molecule has 14 heteroatoms. The van der Waals surface area contributed by atoms with Crippen molar-refractivity contribution in [1.82, 2.24) is 10.2 Å². The highest BCUT2D eigenvalue weighted by Crippen LogP contribution is 2.29. The average molecular weight is 520 g/mol. The molecule has 0 saturated carbocycles. The number of methoxy groups -OCH3 is 1. The molecule has 1 amide bonds. The molecule has 1 aromatic carbocycles. The van der Waals surface area contributed by atoms with Gasteiger partial charge in [0.2, 0.25) is 0 Å². The van der Waals surface area contributed by atoms with Crippen LogP contribution in [0.5, 0.6) is 5.75 Å². The molecule has 0 spiro atoms. The minimum Gasteiger partial charge on any atom is -0.496 e. The summed E-state index contributed by atoms with van der Waals surface area (Å²) in [4.78, 5) is 34.4. The lowest BCUT2D eigenvalue weighted by Gasteiger charge is -2.23. The lowest BCUT2D eigenvalue weighted by atomic mass is 10.1. The summed E-state index contributed by atoms with van der Waals surface area (Å²) in [5, 5.41) is 35.4. The number of carbonyl (C=O) groups is 3. The van der Waals surface area contributed by atoms with Gasteiger partial charge in [0.25, 0.3) is 5.91 Å². The number of ether oxygens (including phenoxy) is 1. The van der Waals surface area contributed by atoms with Crippen LogP contribution in [0, 0.1) is 0 Å². The maximum absolute atomic E-state index is 12.6. The van der Waals surface area contributed by atoms with Crippen LogP contribution in [0.1, 0.15) is 37.0 Å². The molecule has 2 rings (SSSR count). The molecular weight excluding hydrogens is 486 g/mol. The highest BCUT2D eigenvalue weighted by atomic mass is 32.2. The van der Waals surface area contributed by atoms with E-state index < -0.39 is 34.0 Å². The van der Waals surface area contributed by atoms with E-state index in [0.717, 1.165) is 25.9 Å². The molecule has 198 valence electrons. The summed E-state index contributed by atoms with van der Waals surface area (Å²) >= 11 is 0. The lowest BCUT2D eigenvalue weighted by molar-refractivity contribution is -0.165. The van der Waals surface area contributed by atoms with E-state index in [1.807, 2.05) is 0 Å². The summed E-state index contributed by atoms with van der Waals surface area (Å²) in [6.07, 6.45) is -2.36. The first-order valence-corrected chi connectivity index (χ1v) is 12.5. The molecule has 7 N–H and O–H groups in total. The van der Waals surface area contributed by atoms with Gasteiger partial charge in [-0.2, -0.15) is 0 Å². The average Bonchev–Trinajstić information content (AvgIpc) is 3.28. The van der Waals surface area contributed by atoms with E-state index in [-0.39, 0.29) is 33.6 Å². The standard InChI is InChI=1S/C17H27N3O4S.C4H6O6/c1-4-20-8-6-7-12(20)11-19-17(21)13-9-16(25(22,23)5-2)14(18)10-15(13)24-3;5-1(3(7)8)2(6)4(9)10/h9-10,12H,4-8,11,18H2,1-3H3,(H,19,21);1-2,5-6H,(H,7,8)(H,9,10)/t12-;1-,2-/m11/s1. The zero-order chi connectivity index (χ0) is 26.9. The number of amides is 1. The van der Waals surface area contributed by atoms with E-state index in [1.165, 1.54) is 26.2 Å². The molecule has 0 radical (unpaired) electrons. The Balaban J connectivity index is 0.000000518. The number of nitrogens with zero attached hydrogens (tertiary/aromatic N) is 1. The van der Waals surface area contributed by atoms with Crippen molar-refractivity contribution in [3.63, 3.8) is 0 Å². The Labute approximate surface area is 203 Å². The summed E-state index contributed by atoms with van der Waals surface area (Å²) in [6.45, 7) is 6.16. The van der Waals surface area contributed by atoms with E-state index in [0.29, 0.717) is 12.6 Å². The number of nitrogens with two attached hydrogens (primary N) is 1. The van der Waals surface area contributed by atoms with Gasteiger partial charge in [-0.1, -0.05) is 13.8 Å². The van der Waals surface area contributed by atoms with Gasteiger partial charge in [0, 0.05) is 18.7 Å². The highest BCUT2D eigenvalue weighted by Gasteiger charge is 2.29. The van der Waals surface area contributed by atoms with Crippen molar-refractivity contribution in [1.29, 1.82) is 0 Å². The number of aliphatic hydroxyl groups excluding tert-OH is 2. The highest BCUT2D eigenvalue weighted by molar-refractivity contribution is 7.91. The van der Waals surface area contributed by atoms with Gasteiger partial charge in [0.15, 0.2) is 22.0 Å². The van der Waals surface area contributed by atoms with Gasteiger partial charge in [-0.25, -0.2) is 18.0 Å². The molecule has 1 aliphatic heterocycles. The van der Waals surface area contributed by atoms with Crippen LogP contribution in [-0.2, 0) is 19.4 Å².